The average molecular weight is 245 g/mol. The van der Waals surface area contributed by atoms with E-state index in [1.807, 2.05) is 24.3 Å². The van der Waals surface area contributed by atoms with E-state index in [0.29, 0.717) is 6.42 Å². The SMILES string of the molecule is COc1ccc2c(CC(C)C(=O)O)nccc2c1. The molecule has 2 aromatic rings. The van der Waals surface area contributed by atoms with E-state index in [1.54, 1.807) is 20.2 Å². The van der Waals surface area contributed by atoms with Crippen LogP contribution in [0.2, 0.25) is 0 Å². The second kappa shape index (κ2) is 5.04. The number of hydrogen-bond donors (Lipinski definition) is 1. The molecular formula is C14H15NO3. The number of aromatic nitrogens is 1. The first-order valence-electron chi connectivity index (χ1n) is 5.76. The maximum atomic E-state index is 10.9. The topological polar surface area (TPSA) is 59.4 Å². The zero-order valence-electron chi connectivity index (χ0n) is 10.4. The van der Waals surface area contributed by atoms with Crippen LogP contribution in [0, 0.1) is 5.92 Å². The highest BCUT2D eigenvalue weighted by atomic mass is 16.5. The van der Waals surface area contributed by atoms with Gasteiger partial charge in [-0.05, 0) is 29.7 Å². The van der Waals surface area contributed by atoms with E-state index in [9.17, 15) is 4.79 Å². The lowest BCUT2D eigenvalue weighted by Crippen LogP contribution is -2.13. The normalized spacial score (nSPS) is 12.3. The maximum Gasteiger partial charge on any atom is 0.306 e. The molecule has 0 amide bonds. The molecule has 0 aliphatic rings. The van der Waals surface area contributed by atoms with Gasteiger partial charge in [-0.3, -0.25) is 9.78 Å². The summed E-state index contributed by atoms with van der Waals surface area (Å²) in [7, 11) is 1.62. The summed E-state index contributed by atoms with van der Waals surface area (Å²) in [6, 6.07) is 7.60. The molecular weight excluding hydrogens is 230 g/mol. The molecule has 0 fully saturated rings. The Morgan fingerprint density at radius 1 is 1.44 bits per heavy atom. The van der Waals surface area contributed by atoms with Crippen LogP contribution in [0.1, 0.15) is 12.6 Å². The van der Waals surface area contributed by atoms with Crippen LogP contribution in [-0.2, 0) is 11.2 Å². The molecule has 4 nitrogen and oxygen atoms in total. The van der Waals surface area contributed by atoms with Crippen molar-refractivity contribution in [2.45, 2.75) is 13.3 Å². The number of carboxylic acid groups (broad SMARTS) is 1. The van der Waals surface area contributed by atoms with Gasteiger partial charge in [0.25, 0.3) is 0 Å². The number of pyridine rings is 1. The molecule has 1 atom stereocenters. The molecule has 1 heterocycles. The fourth-order valence-corrected chi connectivity index (χ4v) is 1.89. The van der Waals surface area contributed by atoms with Gasteiger partial charge in [0.05, 0.1) is 13.0 Å². The fourth-order valence-electron chi connectivity index (χ4n) is 1.89. The Bertz CT molecular complexity index is 580. The number of aliphatic carboxylic acids is 1. The molecule has 18 heavy (non-hydrogen) atoms. The van der Waals surface area contributed by atoms with Gasteiger partial charge in [-0.2, -0.15) is 0 Å². The number of benzene rings is 1. The van der Waals surface area contributed by atoms with Gasteiger partial charge < -0.3 is 9.84 Å². The summed E-state index contributed by atoms with van der Waals surface area (Å²) in [5, 5.41) is 10.9. The molecule has 1 unspecified atom stereocenters. The van der Waals surface area contributed by atoms with E-state index in [-0.39, 0.29) is 0 Å². The van der Waals surface area contributed by atoms with Gasteiger partial charge in [-0.25, -0.2) is 0 Å². The Morgan fingerprint density at radius 3 is 2.89 bits per heavy atom. The molecule has 1 N–H and O–H groups in total. The molecule has 94 valence electrons. The van der Waals surface area contributed by atoms with Crippen LogP contribution in [-0.4, -0.2) is 23.2 Å². The standard InChI is InChI=1S/C14H15NO3/c1-9(14(16)17)7-13-12-4-3-11(18-2)8-10(12)5-6-15-13/h3-6,8-9H,7H2,1-2H3,(H,16,17). The molecule has 1 aromatic carbocycles. The zero-order valence-corrected chi connectivity index (χ0v) is 10.4. The highest BCUT2D eigenvalue weighted by Crippen LogP contribution is 2.23. The van der Waals surface area contributed by atoms with E-state index in [2.05, 4.69) is 4.98 Å². The number of carbonyl (C=O) groups is 1. The van der Waals surface area contributed by atoms with Crippen LogP contribution >= 0.6 is 0 Å². The van der Waals surface area contributed by atoms with Gasteiger partial charge in [-0.15, -0.1) is 0 Å². The largest absolute Gasteiger partial charge is 0.497 e. The van der Waals surface area contributed by atoms with Crippen LogP contribution < -0.4 is 4.74 Å². The third-order valence-corrected chi connectivity index (χ3v) is 2.98. The van der Waals surface area contributed by atoms with Crippen molar-refractivity contribution in [3.05, 3.63) is 36.2 Å². The van der Waals surface area contributed by atoms with Crippen molar-refractivity contribution in [2.75, 3.05) is 7.11 Å². The van der Waals surface area contributed by atoms with Gasteiger partial charge in [-0.1, -0.05) is 6.92 Å². The number of fused-ring (bicyclic) bond motifs is 1. The second-order valence-electron chi connectivity index (χ2n) is 4.29. The Balaban J connectivity index is 2.42. The summed E-state index contributed by atoms with van der Waals surface area (Å²) in [6.07, 6.45) is 2.13. The van der Waals surface area contributed by atoms with Crippen LogP contribution in [0.25, 0.3) is 10.8 Å². The molecule has 0 aliphatic heterocycles. The Hall–Kier alpha value is -2.10. The van der Waals surface area contributed by atoms with E-state index in [4.69, 9.17) is 9.84 Å². The van der Waals surface area contributed by atoms with Crippen LogP contribution in [0.4, 0.5) is 0 Å². The van der Waals surface area contributed by atoms with Crippen molar-refractivity contribution in [3.63, 3.8) is 0 Å². The molecule has 4 heteroatoms. The summed E-state index contributed by atoms with van der Waals surface area (Å²) >= 11 is 0. The van der Waals surface area contributed by atoms with Crippen molar-refractivity contribution < 1.29 is 14.6 Å². The fraction of sp³-hybridized carbons (Fsp3) is 0.286. The van der Waals surface area contributed by atoms with Gasteiger partial charge in [0.2, 0.25) is 0 Å². The van der Waals surface area contributed by atoms with Crippen LogP contribution in [0.15, 0.2) is 30.5 Å². The van der Waals surface area contributed by atoms with Gasteiger partial charge in [0.1, 0.15) is 5.75 Å². The number of nitrogens with zero attached hydrogens (tertiary/aromatic N) is 1. The molecule has 0 radical (unpaired) electrons. The molecule has 0 bridgehead atoms. The number of rotatable bonds is 4. The first-order valence-corrected chi connectivity index (χ1v) is 5.76. The molecule has 0 spiro atoms. The molecule has 1 aromatic heterocycles. The zero-order chi connectivity index (χ0) is 13.1. The summed E-state index contributed by atoms with van der Waals surface area (Å²) in [4.78, 5) is 15.2. The summed E-state index contributed by atoms with van der Waals surface area (Å²) < 4.78 is 5.17. The summed E-state index contributed by atoms with van der Waals surface area (Å²) in [6.45, 7) is 1.69. The quantitative estimate of drug-likeness (QED) is 0.899. The summed E-state index contributed by atoms with van der Waals surface area (Å²) in [5.41, 5.74) is 0.810. The first-order chi connectivity index (χ1) is 8.61. The number of hydrogen-bond acceptors (Lipinski definition) is 3. The number of methoxy groups -OCH3 is 1. The Morgan fingerprint density at radius 2 is 2.22 bits per heavy atom. The number of ether oxygens (including phenoxy) is 1. The van der Waals surface area contributed by atoms with E-state index in [1.165, 1.54) is 0 Å². The number of carboxylic acids is 1. The monoisotopic (exact) mass is 245 g/mol. The molecule has 0 saturated heterocycles. The maximum absolute atomic E-state index is 10.9. The minimum Gasteiger partial charge on any atom is -0.497 e. The molecule has 0 saturated carbocycles. The predicted molar refractivity (Wildman–Crippen MR) is 68.8 cm³/mol. The average Bonchev–Trinajstić information content (AvgIpc) is 2.38. The minimum absolute atomic E-state index is 0.430. The lowest BCUT2D eigenvalue weighted by molar-refractivity contribution is -0.141. The third kappa shape index (κ3) is 2.42. The second-order valence-corrected chi connectivity index (χ2v) is 4.29. The van der Waals surface area contributed by atoms with Crippen LogP contribution in [0.3, 0.4) is 0 Å². The van der Waals surface area contributed by atoms with E-state index >= 15 is 0 Å². The highest BCUT2D eigenvalue weighted by molar-refractivity contribution is 5.86. The van der Waals surface area contributed by atoms with Gasteiger partial charge in [0, 0.05) is 23.7 Å². The first kappa shape index (κ1) is 12.4. The van der Waals surface area contributed by atoms with Gasteiger partial charge in [0.15, 0.2) is 0 Å². The smallest absolute Gasteiger partial charge is 0.306 e. The van der Waals surface area contributed by atoms with Crippen molar-refractivity contribution in [3.8, 4) is 5.75 Å². The van der Waals surface area contributed by atoms with Crippen molar-refractivity contribution >= 4 is 16.7 Å². The highest BCUT2D eigenvalue weighted by Gasteiger charge is 2.14. The third-order valence-electron chi connectivity index (χ3n) is 2.98. The minimum atomic E-state index is -0.803. The predicted octanol–water partition coefficient (Wildman–Crippen LogP) is 2.51. The van der Waals surface area contributed by atoms with Crippen LogP contribution in [0.5, 0.6) is 5.75 Å². The van der Waals surface area contributed by atoms with Crippen molar-refractivity contribution in [2.24, 2.45) is 5.92 Å². The Kier molecular flexibility index (Phi) is 3.46. The van der Waals surface area contributed by atoms with E-state index < -0.39 is 11.9 Å². The lowest BCUT2D eigenvalue weighted by atomic mass is 10.0. The lowest BCUT2D eigenvalue weighted by Gasteiger charge is -2.09. The summed E-state index contributed by atoms with van der Waals surface area (Å²) in [5.74, 6) is -0.460. The van der Waals surface area contributed by atoms with E-state index in [0.717, 1.165) is 22.2 Å². The molecule has 0 aliphatic carbocycles. The van der Waals surface area contributed by atoms with Gasteiger partial charge >= 0.3 is 5.97 Å². The van der Waals surface area contributed by atoms with Crippen molar-refractivity contribution in [1.82, 2.24) is 4.98 Å². The van der Waals surface area contributed by atoms with Crippen molar-refractivity contribution in [1.29, 1.82) is 0 Å². The Labute approximate surface area is 105 Å². The molecule has 2 rings (SSSR count).